The third-order valence-electron chi connectivity index (χ3n) is 2.91. The zero-order valence-corrected chi connectivity index (χ0v) is 12.1. The molecule has 1 rings (SSSR count). The lowest BCUT2D eigenvalue weighted by Gasteiger charge is -2.15. The van der Waals surface area contributed by atoms with Crippen LogP contribution in [0.5, 0.6) is 0 Å². The van der Waals surface area contributed by atoms with Crippen LogP contribution in [0.15, 0.2) is 23.1 Å². The van der Waals surface area contributed by atoms with Crippen LogP contribution in [-0.2, 0) is 10.0 Å². The quantitative estimate of drug-likeness (QED) is 0.648. The summed E-state index contributed by atoms with van der Waals surface area (Å²) in [5.41, 5.74) is 9.28. The third kappa shape index (κ3) is 2.91. The summed E-state index contributed by atoms with van der Waals surface area (Å²) in [6.07, 6.45) is 0. The molecule has 0 aliphatic heterocycles. The Hall–Kier alpha value is -1.33. The summed E-state index contributed by atoms with van der Waals surface area (Å²) in [5, 5.41) is 0. The van der Waals surface area contributed by atoms with Crippen LogP contribution in [0.25, 0.3) is 0 Å². The van der Waals surface area contributed by atoms with Gasteiger partial charge in [-0.3, -0.25) is 0 Å². The smallest absolute Gasteiger partial charge is 0.241 e. The van der Waals surface area contributed by atoms with Crippen LogP contribution in [0.3, 0.4) is 0 Å². The van der Waals surface area contributed by atoms with Crippen LogP contribution in [-0.4, -0.2) is 15.0 Å². The molecule has 0 saturated heterocycles. The van der Waals surface area contributed by atoms with Crippen molar-refractivity contribution in [2.45, 2.75) is 32.6 Å². The van der Waals surface area contributed by atoms with Gasteiger partial charge in [0, 0.05) is 12.2 Å². The Kier molecular flexibility index (Phi) is 4.19. The molecule has 0 heterocycles. The molecule has 0 fully saturated rings. The first-order valence-corrected chi connectivity index (χ1v) is 7.15. The average Bonchev–Trinajstić information content (AvgIpc) is 2.24. The van der Waals surface area contributed by atoms with E-state index < -0.39 is 10.0 Å². The predicted molar refractivity (Wildman–Crippen MR) is 75.1 cm³/mol. The van der Waals surface area contributed by atoms with Crippen molar-refractivity contribution in [3.63, 3.8) is 0 Å². The molecule has 0 aliphatic rings. The fourth-order valence-electron chi connectivity index (χ4n) is 1.73. The first kappa shape index (κ1) is 14.7. The molecule has 1 aromatic carbocycles. The number of sulfonamides is 1. The van der Waals surface area contributed by atoms with E-state index in [0.717, 1.165) is 16.7 Å². The molecule has 0 amide bonds. The zero-order chi connectivity index (χ0) is 14.1. The van der Waals surface area contributed by atoms with Crippen molar-refractivity contribution < 1.29 is 8.42 Å². The number of anilines is 1. The lowest BCUT2D eigenvalue weighted by molar-refractivity contribution is 0.583. The summed E-state index contributed by atoms with van der Waals surface area (Å²) in [7, 11) is -3.55. The SMILES string of the molecule is C=C(C)CNS(=O)(=O)c1c(C)c(C)cc(N)c1C. The zero-order valence-electron chi connectivity index (χ0n) is 11.3. The Balaban J connectivity index is 3.36. The number of hydrogen-bond donors (Lipinski definition) is 2. The van der Waals surface area contributed by atoms with Gasteiger partial charge in [-0.05, 0) is 50.5 Å². The maximum atomic E-state index is 12.3. The lowest BCUT2D eigenvalue weighted by atomic mass is 10.1. The second-order valence-corrected chi connectivity index (χ2v) is 6.35. The Morgan fingerprint density at radius 1 is 1.33 bits per heavy atom. The monoisotopic (exact) mass is 268 g/mol. The minimum absolute atomic E-state index is 0.231. The molecule has 100 valence electrons. The van der Waals surface area contributed by atoms with Gasteiger partial charge in [-0.25, -0.2) is 13.1 Å². The van der Waals surface area contributed by atoms with Gasteiger partial charge in [0.1, 0.15) is 0 Å². The maximum absolute atomic E-state index is 12.3. The third-order valence-corrected chi connectivity index (χ3v) is 4.58. The van der Waals surface area contributed by atoms with Gasteiger partial charge >= 0.3 is 0 Å². The van der Waals surface area contributed by atoms with Crippen molar-refractivity contribution in [2.75, 3.05) is 12.3 Å². The largest absolute Gasteiger partial charge is 0.398 e. The molecule has 0 unspecified atom stereocenters. The van der Waals surface area contributed by atoms with E-state index in [0.29, 0.717) is 11.3 Å². The average molecular weight is 268 g/mol. The molecule has 3 N–H and O–H groups in total. The van der Waals surface area contributed by atoms with Crippen molar-refractivity contribution in [1.29, 1.82) is 0 Å². The number of nitrogen functional groups attached to an aromatic ring is 1. The normalized spacial score (nSPS) is 11.6. The minimum Gasteiger partial charge on any atom is -0.398 e. The van der Waals surface area contributed by atoms with Crippen LogP contribution in [0, 0.1) is 20.8 Å². The highest BCUT2D eigenvalue weighted by Crippen LogP contribution is 2.27. The Labute approximate surface area is 109 Å². The van der Waals surface area contributed by atoms with Gasteiger partial charge in [0.2, 0.25) is 10.0 Å². The molecule has 0 spiro atoms. The van der Waals surface area contributed by atoms with Gasteiger partial charge in [0.25, 0.3) is 0 Å². The molecule has 0 bridgehead atoms. The first-order chi connectivity index (χ1) is 8.16. The summed E-state index contributed by atoms with van der Waals surface area (Å²) in [6.45, 7) is 11.0. The van der Waals surface area contributed by atoms with Gasteiger partial charge in [0.15, 0.2) is 0 Å². The summed E-state index contributed by atoms with van der Waals surface area (Å²) < 4.78 is 27.1. The first-order valence-electron chi connectivity index (χ1n) is 5.67. The van der Waals surface area contributed by atoms with E-state index in [2.05, 4.69) is 11.3 Å². The topological polar surface area (TPSA) is 72.2 Å². The Bertz CT molecular complexity index is 563. The fourth-order valence-corrected chi connectivity index (χ4v) is 3.40. The van der Waals surface area contributed by atoms with E-state index in [1.807, 2.05) is 6.92 Å². The van der Waals surface area contributed by atoms with Gasteiger partial charge in [0.05, 0.1) is 4.90 Å². The van der Waals surface area contributed by atoms with Crippen molar-refractivity contribution in [3.8, 4) is 0 Å². The number of rotatable bonds is 4. The molecular formula is C13H20N2O2S. The van der Waals surface area contributed by atoms with Gasteiger partial charge in [-0.1, -0.05) is 12.2 Å². The van der Waals surface area contributed by atoms with E-state index in [-0.39, 0.29) is 11.4 Å². The maximum Gasteiger partial charge on any atom is 0.241 e. The minimum atomic E-state index is -3.55. The molecular weight excluding hydrogens is 248 g/mol. The van der Waals surface area contributed by atoms with Gasteiger partial charge in [-0.2, -0.15) is 0 Å². The van der Waals surface area contributed by atoms with E-state index in [4.69, 9.17) is 5.73 Å². The molecule has 18 heavy (non-hydrogen) atoms. The highest BCUT2D eigenvalue weighted by molar-refractivity contribution is 7.89. The van der Waals surface area contributed by atoms with Gasteiger partial charge in [-0.15, -0.1) is 0 Å². The number of nitrogens with one attached hydrogen (secondary N) is 1. The molecule has 0 aliphatic carbocycles. The van der Waals surface area contributed by atoms with Crippen LogP contribution < -0.4 is 10.5 Å². The second-order valence-electron chi connectivity index (χ2n) is 4.64. The summed E-state index contributed by atoms with van der Waals surface area (Å²) in [4.78, 5) is 0.279. The summed E-state index contributed by atoms with van der Waals surface area (Å²) >= 11 is 0. The van der Waals surface area contributed by atoms with Crippen LogP contribution in [0.2, 0.25) is 0 Å². The molecule has 5 heteroatoms. The number of hydrogen-bond acceptors (Lipinski definition) is 3. The molecule has 1 aromatic rings. The van der Waals surface area contributed by atoms with E-state index in [1.54, 1.807) is 26.8 Å². The van der Waals surface area contributed by atoms with E-state index >= 15 is 0 Å². The summed E-state index contributed by atoms with van der Waals surface area (Å²) in [6, 6.07) is 1.79. The van der Waals surface area contributed by atoms with Gasteiger partial charge < -0.3 is 5.73 Å². The van der Waals surface area contributed by atoms with E-state index in [9.17, 15) is 8.42 Å². The highest BCUT2D eigenvalue weighted by Gasteiger charge is 2.21. The van der Waals surface area contributed by atoms with Crippen molar-refractivity contribution in [3.05, 3.63) is 34.9 Å². The number of nitrogens with two attached hydrogens (primary N) is 1. The van der Waals surface area contributed by atoms with Crippen molar-refractivity contribution in [2.24, 2.45) is 0 Å². The number of benzene rings is 1. The lowest BCUT2D eigenvalue weighted by Crippen LogP contribution is -2.27. The molecule has 0 radical (unpaired) electrons. The second kappa shape index (κ2) is 5.12. The van der Waals surface area contributed by atoms with Crippen LogP contribution in [0.1, 0.15) is 23.6 Å². The predicted octanol–water partition coefficient (Wildman–Crippen LogP) is 2.05. The standard InChI is InChI=1S/C13H20N2O2S/c1-8(2)7-15-18(16,17)13-10(4)9(3)6-12(14)11(13)5/h6,15H,1,7,14H2,2-5H3. The Morgan fingerprint density at radius 3 is 2.39 bits per heavy atom. The van der Waals surface area contributed by atoms with E-state index in [1.165, 1.54) is 0 Å². The summed E-state index contributed by atoms with van der Waals surface area (Å²) in [5.74, 6) is 0. The highest BCUT2D eigenvalue weighted by atomic mass is 32.2. The fraction of sp³-hybridized carbons (Fsp3) is 0.385. The van der Waals surface area contributed by atoms with Crippen LogP contribution >= 0.6 is 0 Å². The molecule has 0 saturated carbocycles. The van der Waals surface area contributed by atoms with Crippen molar-refractivity contribution >= 4 is 15.7 Å². The molecule has 0 aromatic heterocycles. The Morgan fingerprint density at radius 2 is 1.89 bits per heavy atom. The van der Waals surface area contributed by atoms with Crippen molar-refractivity contribution in [1.82, 2.24) is 4.72 Å². The number of aryl methyl sites for hydroxylation is 1. The molecule has 4 nitrogen and oxygen atoms in total. The molecule has 0 atom stereocenters. The van der Waals surface area contributed by atoms with Crippen LogP contribution in [0.4, 0.5) is 5.69 Å².